The molecule has 22 heavy (non-hydrogen) atoms. The average molecular weight is 302 g/mol. The van der Waals surface area contributed by atoms with Gasteiger partial charge in [0.1, 0.15) is 5.75 Å². The molecule has 2 rings (SSSR count). The average Bonchev–Trinajstić information content (AvgIpc) is 2.55. The van der Waals surface area contributed by atoms with Crippen molar-refractivity contribution in [3.8, 4) is 17.2 Å². The fourth-order valence-electron chi connectivity index (χ4n) is 1.79. The summed E-state index contributed by atoms with van der Waals surface area (Å²) in [6.45, 7) is 0. The third kappa shape index (κ3) is 3.35. The highest BCUT2D eigenvalue weighted by atomic mass is 16.5. The number of methoxy groups -OCH3 is 2. The van der Waals surface area contributed by atoms with Crippen LogP contribution in [0.2, 0.25) is 0 Å². The molecule has 2 aromatic rings. The summed E-state index contributed by atoms with van der Waals surface area (Å²) >= 11 is 0. The van der Waals surface area contributed by atoms with Crippen molar-refractivity contribution in [3.05, 3.63) is 53.6 Å². The summed E-state index contributed by atoms with van der Waals surface area (Å²) in [5, 5.41) is 8.95. The van der Waals surface area contributed by atoms with Crippen LogP contribution in [0.15, 0.2) is 42.5 Å². The lowest BCUT2D eigenvalue weighted by molar-refractivity contribution is 0.0599. The van der Waals surface area contributed by atoms with Crippen molar-refractivity contribution in [2.45, 2.75) is 0 Å². The Labute approximate surface area is 126 Å². The van der Waals surface area contributed by atoms with Crippen LogP contribution in [0.3, 0.4) is 0 Å². The summed E-state index contributed by atoms with van der Waals surface area (Å²) < 4.78 is 15.4. The van der Waals surface area contributed by atoms with E-state index >= 15 is 0 Å². The topological polar surface area (TPSA) is 82.1 Å². The number of ether oxygens (including phenoxy) is 3. The first kappa shape index (κ1) is 15.4. The maximum absolute atomic E-state index is 11.3. The summed E-state index contributed by atoms with van der Waals surface area (Å²) in [7, 11) is 2.73. The lowest BCUT2D eigenvalue weighted by atomic mass is 10.2. The zero-order valence-corrected chi connectivity index (χ0v) is 12.0. The van der Waals surface area contributed by atoms with Crippen LogP contribution in [0.4, 0.5) is 0 Å². The number of benzene rings is 2. The van der Waals surface area contributed by atoms with Gasteiger partial charge in [-0.15, -0.1) is 0 Å². The van der Waals surface area contributed by atoms with E-state index < -0.39 is 11.9 Å². The highest BCUT2D eigenvalue weighted by Gasteiger charge is 2.11. The van der Waals surface area contributed by atoms with Gasteiger partial charge in [0.05, 0.1) is 25.3 Å². The fraction of sp³-hybridized carbons (Fsp3) is 0.125. The van der Waals surface area contributed by atoms with E-state index in [1.807, 2.05) is 0 Å². The molecular formula is C16H14O6. The van der Waals surface area contributed by atoms with Crippen molar-refractivity contribution in [3.63, 3.8) is 0 Å². The molecule has 0 heterocycles. The van der Waals surface area contributed by atoms with E-state index in [1.54, 1.807) is 24.3 Å². The van der Waals surface area contributed by atoms with Crippen molar-refractivity contribution in [1.29, 1.82) is 0 Å². The number of carbonyl (C=O) groups excluding carboxylic acids is 1. The maximum Gasteiger partial charge on any atom is 0.337 e. The van der Waals surface area contributed by atoms with Gasteiger partial charge in [-0.2, -0.15) is 0 Å². The van der Waals surface area contributed by atoms with Gasteiger partial charge in [0.2, 0.25) is 0 Å². The van der Waals surface area contributed by atoms with Crippen LogP contribution in [0, 0.1) is 0 Å². The molecule has 0 saturated carbocycles. The molecule has 0 aliphatic rings. The lowest BCUT2D eigenvalue weighted by Gasteiger charge is -2.11. The number of rotatable bonds is 5. The minimum absolute atomic E-state index is 0.102. The number of carbonyl (C=O) groups is 2. The van der Waals surface area contributed by atoms with Gasteiger partial charge < -0.3 is 19.3 Å². The Morgan fingerprint density at radius 2 is 1.55 bits per heavy atom. The Kier molecular flexibility index (Phi) is 4.63. The van der Waals surface area contributed by atoms with E-state index in [2.05, 4.69) is 4.74 Å². The zero-order chi connectivity index (χ0) is 16.1. The van der Waals surface area contributed by atoms with E-state index in [4.69, 9.17) is 14.6 Å². The van der Waals surface area contributed by atoms with Gasteiger partial charge in [-0.1, -0.05) is 0 Å². The maximum atomic E-state index is 11.3. The van der Waals surface area contributed by atoms with Gasteiger partial charge in [0.25, 0.3) is 0 Å². The van der Waals surface area contributed by atoms with E-state index in [-0.39, 0.29) is 5.56 Å². The number of aromatic carboxylic acids is 1. The zero-order valence-electron chi connectivity index (χ0n) is 12.0. The van der Waals surface area contributed by atoms with Crippen LogP contribution in [0.1, 0.15) is 20.7 Å². The number of hydrogen-bond donors (Lipinski definition) is 1. The SMILES string of the molecule is COC(=O)c1ccc(Oc2ccc(C(=O)O)cc2OC)cc1. The molecule has 0 aromatic heterocycles. The van der Waals surface area contributed by atoms with E-state index in [0.29, 0.717) is 22.8 Å². The van der Waals surface area contributed by atoms with Crippen LogP contribution < -0.4 is 9.47 Å². The van der Waals surface area contributed by atoms with Crippen LogP contribution in [0.5, 0.6) is 17.2 Å². The summed E-state index contributed by atoms with van der Waals surface area (Å²) in [5.41, 5.74) is 0.508. The Bertz CT molecular complexity index is 690. The van der Waals surface area contributed by atoms with Gasteiger partial charge >= 0.3 is 11.9 Å². The summed E-state index contributed by atoms with van der Waals surface area (Å²) in [4.78, 5) is 22.3. The van der Waals surface area contributed by atoms with Gasteiger partial charge in [0, 0.05) is 0 Å². The largest absolute Gasteiger partial charge is 0.493 e. The van der Waals surface area contributed by atoms with E-state index in [0.717, 1.165) is 0 Å². The number of esters is 1. The highest BCUT2D eigenvalue weighted by molar-refractivity contribution is 5.89. The summed E-state index contributed by atoms with van der Waals surface area (Å²) in [6.07, 6.45) is 0. The molecule has 6 nitrogen and oxygen atoms in total. The lowest BCUT2D eigenvalue weighted by Crippen LogP contribution is -2.00. The third-order valence-electron chi connectivity index (χ3n) is 2.91. The smallest absolute Gasteiger partial charge is 0.337 e. The van der Waals surface area contributed by atoms with Gasteiger partial charge in [0.15, 0.2) is 11.5 Å². The fourth-order valence-corrected chi connectivity index (χ4v) is 1.79. The molecule has 0 aliphatic carbocycles. The monoisotopic (exact) mass is 302 g/mol. The molecule has 0 atom stereocenters. The molecule has 0 radical (unpaired) electrons. The summed E-state index contributed by atoms with van der Waals surface area (Å²) in [5.74, 6) is -0.327. The van der Waals surface area contributed by atoms with Crippen LogP contribution in [-0.2, 0) is 4.74 Å². The Morgan fingerprint density at radius 1 is 0.909 bits per heavy atom. The van der Waals surface area contributed by atoms with Crippen LogP contribution >= 0.6 is 0 Å². The Balaban J connectivity index is 2.23. The third-order valence-corrected chi connectivity index (χ3v) is 2.91. The van der Waals surface area contributed by atoms with Gasteiger partial charge in [-0.3, -0.25) is 0 Å². The number of carboxylic acids is 1. The van der Waals surface area contributed by atoms with Crippen molar-refractivity contribution in [2.75, 3.05) is 14.2 Å². The van der Waals surface area contributed by atoms with Gasteiger partial charge in [-0.05, 0) is 42.5 Å². The molecule has 0 unspecified atom stereocenters. The second-order valence-corrected chi connectivity index (χ2v) is 4.29. The molecule has 114 valence electrons. The van der Waals surface area contributed by atoms with Crippen LogP contribution in [-0.4, -0.2) is 31.3 Å². The van der Waals surface area contributed by atoms with Crippen molar-refractivity contribution in [2.24, 2.45) is 0 Å². The first-order chi connectivity index (χ1) is 10.5. The summed E-state index contributed by atoms with van der Waals surface area (Å²) in [6, 6.07) is 10.7. The van der Waals surface area contributed by atoms with Crippen molar-refractivity contribution in [1.82, 2.24) is 0 Å². The number of hydrogen-bond acceptors (Lipinski definition) is 5. The second kappa shape index (κ2) is 6.62. The van der Waals surface area contributed by atoms with Crippen LogP contribution in [0.25, 0.3) is 0 Å². The second-order valence-electron chi connectivity index (χ2n) is 4.29. The first-order valence-corrected chi connectivity index (χ1v) is 6.32. The molecule has 0 fully saturated rings. The minimum atomic E-state index is -1.05. The molecule has 0 spiro atoms. The minimum Gasteiger partial charge on any atom is -0.493 e. The molecule has 6 heteroatoms. The molecule has 0 aliphatic heterocycles. The molecular weight excluding hydrogens is 288 g/mol. The predicted octanol–water partition coefficient (Wildman–Crippen LogP) is 2.97. The van der Waals surface area contributed by atoms with E-state index in [9.17, 15) is 9.59 Å². The quantitative estimate of drug-likeness (QED) is 0.855. The Morgan fingerprint density at radius 3 is 2.09 bits per heavy atom. The molecule has 0 bridgehead atoms. The molecule has 0 saturated heterocycles. The first-order valence-electron chi connectivity index (χ1n) is 6.32. The van der Waals surface area contributed by atoms with Crippen molar-refractivity contribution < 1.29 is 28.9 Å². The number of carboxylic acid groups (broad SMARTS) is 1. The molecule has 1 N–H and O–H groups in total. The van der Waals surface area contributed by atoms with E-state index in [1.165, 1.54) is 32.4 Å². The Hall–Kier alpha value is -3.02. The normalized spacial score (nSPS) is 9.91. The van der Waals surface area contributed by atoms with Gasteiger partial charge in [-0.25, -0.2) is 9.59 Å². The highest BCUT2D eigenvalue weighted by Crippen LogP contribution is 2.32. The molecule has 0 amide bonds. The standard InChI is InChI=1S/C16H14O6/c1-20-14-9-11(15(17)18)5-8-13(14)22-12-6-3-10(4-7-12)16(19)21-2/h3-9H,1-2H3,(H,17,18). The predicted molar refractivity (Wildman–Crippen MR) is 77.8 cm³/mol. The van der Waals surface area contributed by atoms with Crippen molar-refractivity contribution >= 4 is 11.9 Å². The molecule has 2 aromatic carbocycles.